The van der Waals surface area contributed by atoms with Crippen LogP contribution >= 0.6 is 0 Å². The van der Waals surface area contributed by atoms with E-state index in [1.54, 1.807) is 7.11 Å². The zero-order chi connectivity index (χ0) is 16.1. The molecule has 1 saturated heterocycles. The average Bonchev–Trinajstić information content (AvgIpc) is 2.68. The van der Waals surface area contributed by atoms with Crippen LogP contribution in [0.25, 0.3) is 0 Å². The molecule has 1 heterocycles. The maximum atomic E-state index is 11.5. The van der Waals surface area contributed by atoms with Crippen molar-refractivity contribution in [1.29, 1.82) is 0 Å². The molecule has 0 saturated carbocycles. The van der Waals surface area contributed by atoms with Gasteiger partial charge in [0.2, 0.25) is 0 Å². The van der Waals surface area contributed by atoms with Gasteiger partial charge >= 0.3 is 0 Å². The number of methoxy groups -OCH3 is 1. The summed E-state index contributed by atoms with van der Waals surface area (Å²) >= 11 is 0. The Morgan fingerprint density at radius 1 is 1.43 bits per heavy atom. The molecule has 2 atom stereocenters. The molecule has 2 N–H and O–H groups in total. The number of guanidine groups is 1. The molecule has 124 valence electrons. The van der Waals surface area contributed by atoms with Crippen molar-refractivity contribution in [2.24, 2.45) is 10.4 Å². The Kier molecular flexibility index (Phi) is 6.46. The van der Waals surface area contributed by atoms with Crippen molar-refractivity contribution < 1.29 is 13.2 Å². The maximum Gasteiger partial charge on any atom is 0.191 e. The molecule has 0 aromatic heterocycles. The van der Waals surface area contributed by atoms with Gasteiger partial charge in [0, 0.05) is 19.7 Å². The van der Waals surface area contributed by atoms with Crippen LogP contribution < -0.4 is 10.6 Å². The first-order valence-corrected chi connectivity index (χ1v) is 9.28. The molecule has 0 spiro atoms. The van der Waals surface area contributed by atoms with E-state index in [9.17, 15) is 8.42 Å². The predicted molar refractivity (Wildman–Crippen MR) is 86.4 cm³/mol. The predicted octanol–water partition coefficient (Wildman–Crippen LogP) is 0.790. The highest BCUT2D eigenvalue weighted by Crippen LogP contribution is 2.21. The number of nitrogens with one attached hydrogen (secondary N) is 2. The lowest BCUT2D eigenvalue weighted by Gasteiger charge is -2.28. The first-order chi connectivity index (χ1) is 9.68. The van der Waals surface area contributed by atoms with Gasteiger partial charge in [-0.15, -0.1) is 0 Å². The second kappa shape index (κ2) is 7.45. The number of hydrogen-bond acceptors (Lipinski definition) is 4. The summed E-state index contributed by atoms with van der Waals surface area (Å²) in [6.07, 6.45) is 0.653. The molecule has 1 aliphatic rings. The molecule has 0 aliphatic carbocycles. The molecule has 1 aliphatic heterocycles. The third-order valence-corrected chi connectivity index (χ3v) is 5.35. The van der Waals surface area contributed by atoms with E-state index in [4.69, 9.17) is 4.74 Å². The second-order valence-corrected chi connectivity index (χ2v) is 8.78. The highest BCUT2D eigenvalue weighted by Gasteiger charge is 2.29. The summed E-state index contributed by atoms with van der Waals surface area (Å²) in [5.74, 6) is 1.10. The van der Waals surface area contributed by atoms with Gasteiger partial charge in [0.05, 0.1) is 24.2 Å². The summed E-state index contributed by atoms with van der Waals surface area (Å²) in [5, 5.41) is 6.36. The van der Waals surface area contributed by atoms with Crippen LogP contribution in [0.4, 0.5) is 0 Å². The number of hydrogen-bond donors (Lipinski definition) is 2. The Balaban J connectivity index is 2.66. The molecule has 2 unspecified atom stereocenters. The van der Waals surface area contributed by atoms with Crippen molar-refractivity contribution in [3.63, 3.8) is 0 Å². The van der Waals surface area contributed by atoms with E-state index in [-0.39, 0.29) is 29.1 Å². The molecule has 21 heavy (non-hydrogen) atoms. The van der Waals surface area contributed by atoms with E-state index in [2.05, 4.69) is 36.4 Å². The lowest BCUT2D eigenvalue weighted by atomic mass is 9.89. The quantitative estimate of drug-likeness (QED) is 0.578. The summed E-state index contributed by atoms with van der Waals surface area (Å²) in [5.41, 5.74) is 0.00622. The Bertz CT molecular complexity index is 455. The van der Waals surface area contributed by atoms with Crippen LogP contribution in [0.5, 0.6) is 0 Å². The zero-order valence-corrected chi connectivity index (χ0v) is 14.6. The SMILES string of the molecule is CCNC(=NCC(OC)C(C)(C)C)NC1CCS(=O)(=O)C1. The number of aliphatic imine (C=N–C) groups is 1. The minimum absolute atomic E-state index is 0.00622. The van der Waals surface area contributed by atoms with Crippen LogP contribution in [-0.2, 0) is 14.6 Å². The van der Waals surface area contributed by atoms with Gasteiger partial charge in [0.25, 0.3) is 0 Å². The van der Waals surface area contributed by atoms with Crippen LogP contribution in [-0.4, -0.2) is 58.2 Å². The van der Waals surface area contributed by atoms with Gasteiger partial charge < -0.3 is 15.4 Å². The van der Waals surface area contributed by atoms with E-state index in [1.165, 1.54) is 0 Å². The Morgan fingerprint density at radius 3 is 2.52 bits per heavy atom. The summed E-state index contributed by atoms with van der Waals surface area (Å²) in [6.45, 7) is 9.59. The zero-order valence-electron chi connectivity index (χ0n) is 13.8. The normalized spacial score (nSPS) is 23.9. The molecule has 0 aromatic carbocycles. The van der Waals surface area contributed by atoms with E-state index in [1.807, 2.05) is 6.92 Å². The minimum Gasteiger partial charge on any atom is -0.379 e. The van der Waals surface area contributed by atoms with Gasteiger partial charge in [0.1, 0.15) is 0 Å². The minimum atomic E-state index is -2.89. The van der Waals surface area contributed by atoms with Crippen molar-refractivity contribution in [2.75, 3.05) is 31.7 Å². The first-order valence-electron chi connectivity index (χ1n) is 7.46. The second-order valence-electron chi connectivity index (χ2n) is 6.55. The molecule has 7 heteroatoms. The first kappa shape index (κ1) is 18.2. The molecular formula is C14H29N3O3S. The van der Waals surface area contributed by atoms with Gasteiger partial charge in [-0.05, 0) is 18.8 Å². The van der Waals surface area contributed by atoms with Crippen LogP contribution in [0.3, 0.4) is 0 Å². The summed E-state index contributed by atoms with van der Waals surface area (Å²) in [6, 6.07) is -0.0524. The number of rotatable bonds is 5. The average molecular weight is 319 g/mol. The summed E-state index contributed by atoms with van der Waals surface area (Å²) in [4.78, 5) is 4.54. The van der Waals surface area contributed by atoms with Gasteiger partial charge in [-0.3, -0.25) is 4.99 Å². The maximum absolute atomic E-state index is 11.5. The van der Waals surface area contributed by atoms with Crippen LogP contribution in [0.1, 0.15) is 34.1 Å². The van der Waals surface area contributed by atoms with Crippen molar-refractivity contribution in [3.8, 4) is 0 Å². The smallest absolute Gasteiger partial charge is 0.191 e. The number of nitrogens with zero attached hydrogens (tertiary/aromatic N) is 1. The third kappa shape index (κ3) is 6.22. The standard InChI is InChI=1S/C14H29N3O3S/c1-6-15-13(16-9-12(20-5)14(2,3)4)17-11-7-8-21(18,19)10-11/h11-12H,6-10H2,1-5H3,(H2,15,16,17). The number of sulfone groups is 1. The van der Waals surface area contributed by atoms with Gasteiger partial charge in [0.15, 0.2) is 15.8 Å². The van der Waals surface area contributed by atoms with Crippen molar-refractivity contribution in [1.82, 2.24) is 10.6 Å². The molecule has 0 radical (unpaired) electrons. The van der Waals surface area contributed by atoms with Crippen molar-refractivity contribution in [3.05, 3.63) is 0 Å². The van der Waals surface area contributed by atoms with Gasteiger partial charge in [-0.25, -0.2) is 8.42 Å². The van der Waals surface area contributed by atoms with Gasteiger partial charge in [-0.1, -0.05) is 20.8 Å². The van der Waals surface area contributed by atoms with Crippen LogP contribution in [0, 0.1) is 5.41 Å². The highest BCUT2D eigenvalue weighted by atomic mass is 32.2. The molecule has 0 bridgehead atoms. The molecule has 6 nitrogen and oxygen atoms in total. The van der Waals surface area contributed by atoms with Crippen LogP contribution in [0.2, 0.25) is 0 Å². The molecule has 1 fully saturated rings. The largest absolute Gasteiger partial charge is 0.379 e. The lowest BCUT2D eigenvalue weighted by Crippen LogP contribution is -2.44. The summed E-state index contributed by atoms with van der Waals surface area (Å²) in [7, 11) is -1.20. The fourth-order valence-corrected chi connectivity index (χ4v) is 3.97. The number of ether oxygens (including phenoxy) is 1. The fourth-order valence-electron chi connectivity index (χ4n) is 2.30. The van der Waals surface area contributed by atoms with Crippen molar-refractivity contribution in [2.45, 2.75) is 46.3 Å². The highest BCUT2D eigenvalue weighted by molar-refractivity contribution is 7.91. The Morgan fingerprint density at radius 2 is 2.10 bits per heavy atom. The third-order valence-electron chi connectivity index (χ3n) is 3.58. The van der Waals surface area contributed by atoms with Crippen LogP contribution in [0.15, 0.2) is 4.99 Å². The van der Waals surface area contributed by atoms with E-state index < -0.39 is 9.84 Å². The summed E-state index contributed by atoms with van der Waals surface area (Å²) < 4.78 is 28.5. The van der Waals surface area contributed by atoms with E-state index >= 15 is 0 Å². The van der Waals surface area contributed by atoms with E-state index in [0.29, 0.717) is 18.9 Å². The van der Waals surface area contributed by atoms with Crippen molar-refractivity contribution >= 4 is 15.8 Å². The molecular weight excluding hydrogens is 290 g/mol. The fraction of sp³-hybridized carbons (Fsp3) is 0.929. The molecule has 0 aromatic rings. The molecule has 1 rings (SSSR count). The lowest BCUT2D eigenvalue weighted by molar-refractivity contribution is 0.0241. The monoisotopic (exact) mass is 319 g/mol. The van der Waals surface area contributed by atoms with Gasteiger partial charge in [-0.2, -0.15) is 0 Å². The molecule has 0 amide bonds. The Hall–Kier alpha value is -0.820. The van der Waals surface area contributed by atoms with E-state index in [0.717, 1.165) is 6.54 Å². The Labute approximate surface area is 128 Å². The topological polar surface area (TPSA) is 79.8 Å².